The summed E-state index contributed by atoms with van der Waals surface area (Å²) in [6.45, 7) is 2.02. The van der Waals surface area contributed by atoms with Gasteiger partial charge in [0.2, 0.25) is 5.91 Å². The molecule has 1 amide bonds. The fourth-order valence-corrected chi connectivity index (χ4v) is 1.83. The summed E-state index contributed by atoms with van der Waals surface area (Å²) in [6, 6.07) is 8.17. The minimum atomic E-state index is -0.194. The maximum atomic E-state index is 11.6. The number of carbonyl (C=O) groups is 1. The van der Waals surface area contributed by atoms with Gasteiger partial charge >= 0.3 is 0 Å². The standard InChI is InChI=1S/C13H18N2O/c1-9-4-2-3-5-11(9)12(14)8-13(16)15-10-6-7-10/h2-5,10,12H,6-8,14H2,1H3,(H,15,16)/t12-/m0/s1. The first kappa shape index (κ1) is 11.1. The van der Waals surface area contributed by atoms with Crippen LogP contribution in [0.15, 0.2) is 24.3 Å². The number of benzene rings is 1. The first-order valence-electron chi connectivity index (χ1n) is 5.77. The molecule has 16 heavy (non-hydrogen) atoms. The van der Waals surface area contributed by atoms with Crippen molar-refractivity contribution in [2.45, 2.75) is 38.3 Å². The maximum absolute atomic E-state index is 11.6. The second-order valence-electron chi connectivity index (χ2n) is 4.51. The van der Waals surface area contributed by atoms with E-state index in [0.717, 1.165) is 24.0 Å². The molecule has 0 spiro atoms. The lowest BCUT2D eigenvalue weighted by Crippen LogP contribution is -2.29. The van der Waals surface area contributed by atoms with Crippen molar-refractivity contribution >= 4 is 5.91 Å². The summed E-state index contributed by atoms with van der Waals surface area (Å²) in [5.41, 5.74) is 8.24. The minimum Gasteiger partial charge on any atom is -0.353 e. The van der Waals surface area contributed by atoms with Crippen molar-refractivity contribution in [3.8, 4) is 0 Å². The first-order valence-corrected chi connectivity index (χ1v) is 5.77. The normalized spacial score (nSPS) is 16.9. The second-order valence-corrected chi connectivity index (χ2v) is 4.51. The predicted molar refractivity (Wildman–Crippen MR) is 63.9 cm³/mol. The van der Waals surface area contributed by atoms with Crippen LogP contribution < -0.4 is 11.1 Å². The van der Waals surface area contributed by atoms with Gasteiger partial charge in [-0.15, -0.1) is 0 Å². The van der Waals surface area contributed by atoms with E-state index in [4.69, 9.17) is 5.73 Å². The van der Waals surface area contributed by atoms with Gasteiger partial charge in [-0.25, -0.2) is 0 Å². The molecule has 0 saturated heterocycles. The Hall–Kier alpha value is -1.35. The molecule has 3 N–H and O–H groups in total. The average molecular weight is 218 g/mol. The largest absolute Gasteiger partial charge is 0.353 e. The molecule has 0 aliphatic heterocycles. The molecule has 0 bridgehead atoms. The molecule has 1 fully saturated rings. The summed E-state index contributed by atoms with van der Waals surface area (Å²) in [5.74, 6) is 0.0678. The van der Waals surface area contributed by atoms with E-state index in [-0.39, 0.29) is 11.9 Å². The first-order chi connectivity index (χ1) is 7.66. The summed E-state index contributed by atoms with van der Waals surface area (Å²) in [4.78, 5) is 11.6. The van der Waals surface area contributed by atoms with E-state index >= 15 is 0 Å². The zero-order chi connectivity index (χ0) is 11.5. The lowest BCUT2D eigenvalue weighted by atomic mass is 9.99. The topological polar surface area (TPSA) is 55.1 Å². The third-order valence-corrected chi connectivity index (χ3v) is 2.94. The van der Waals surface area contributed by atoms with Gasteiger partial charge in [0, 0.05) is 18.5 Å². The van der Waals surface area contributed by atoms with E-state index < -0.39 is 0 Å². The molecule has 3 nitrogen and oxygen atoms in total. The van der Waals surface area contributed by atoms with Crippen LogP contribution in [0.25, 0.3) is 0 Å². The fourth-order valence-electron chi connectivity index (χ4n) is 1.83. The van der Waals surface area contributed by atoms with E-state index in [0.29, 0.717) is 12.5 Å². The Labute approximate surface area is 96.0 Å². The molecule has 0 radical (unpaired) electrons. The zero-order valence-corrected chi connectivity index (χ0v) is 9.57. The zero-order valence-electron chi connectivity index (χ0n) is 9.57. The van der Waals surface area contributed by atoms with Crippen LogP contribution in [0.1, 0.15) is 36.4 Å². The SMILES string of the molecule is Cc1ccccc1[C@@H](N)CC(=O)NC1CC1. The van der Waals surface area contributed by atoms with Crippen molar-refractivity contribution < 1.29 is 4.79 Å². The van der Waals surface area contributed by atoms with Crippen LogP contribution in [0.5, 0.6) is 0 Å². The average Bonchev–Trinajstić information content (AvgIpc) is 3.01. The molecule has 1 saturated carbocycles. The van der Waals surface area contributed by atoms with Crippen molar-refractivity contribution in [2.75, 3.05) is 0 Å². The second kappa shape index (κ2) is 4.66. The van der Waals surface area contributed by atoms with Crippen LogP contribution in [-0.2, 0) is 4.79 Å². The molecule has 1 atom stereocenters. The highest BCUT2D eigenvalue weighted by Gasteiger charge is 2.24. The predicted octanol–water partition coefficient (Wildman–Crippen LogP) is 1.66. The van der Waals surface area contributed by atoms with Crippen LogP contribution in [-0.4, -0.2) is 11.9 Å². The molecular weight excluding hydrogens is 200 g/mol. The van der Waals surface area contributed by atoms with Crippen molar-refractivity contribution in [1.29, 1.82) is 0 Å². The van der Waals surface area contributed by atoms with Gasteiger partial charge in [-0.05, 0) is 30.9 Å². The lowest BCUT2D eigenvalue weighted by molar-refractivity contribution is -0.121. The number of amides is 1. The number of aryl methyl sites for hydroxylation is 1. The summed E-state index contributed by atoms with van der Waals surface area (Å²) >= 11 is 0. The highest BCUT2D eigenvalue weighted by Crippen LogP contribution is 2.21. The molecular formula is C13H18N2O. The van der Waals surface area contributed by atoms with Gasteiger partial charge < -0.3 is 11.1 Å². The number of hydrogen-bond acceptors (Lipinski definition) is 2. The number of hydrogen-bond donors (Lipinski definition) is 2. The number of nitrogens with one attached hydrogen (secondary N) is 1. The number of nitrogens with two attached hydrogens (primary N) is 1. The minimum absolute atomic E-state index is 0.0678. The van der Waals surface area contributed by atoms with Crippen molar-refractivity contribution in [1.82, 2.24) is 5.32 Å². The molecule has 2 rings (SSSR count). The van der Waals surface area contributed by atoms with E-state index in [1.54, 1.807) is 0 Å². The quantitative estimate of drug-likeness (QED) is 0.807. The van der Waals surface area contributed by atoms with E-state index in [2.05, 4.69) is 5.32 Å². The van der Waals surface area contributed by atoms with E-state index in [9.17, 15) is 4.79 Å². The van der Waals surface area contributed by atoms with Crippen LogP contribution in [0.4, 0.5) is 0 Å². The van der Waals surface area contributed by atoms with Gasteiger partial charge in [-0.3, -0.25) is 4.79 Å². The van der Waals surface area contributed by atoms with Crippen LogP contribution in [0.2, 0.25) is 0 Å². The third-order valence-electron chi connectivity index (χ3n) is 2.94. The Bertz CT molecular complexity index is 385. The Morgan fingerprint density at radius 2 is 2.19 bits per heavy atom. The summed E-state index contributed by atoms with van der Waals surface area (Å²) in [5, 5.41) is 2.96. The smallest absolute Gasteiger partial charge is 0.222 e. The summed E-state index contributed by atoms with van der Waals surface area (Å²) < 4.78 is 0. The van der Waals surface area contributed by atoms with Crippen LogP contribution in [0.3, 0.4) is 0 Å². The Kier molecular flexibility index (Phi) is 3.25. The van der Waals surface area contributed by atoms with E-state index in [1.807, 2.05) is 31.2 Å². The lowest BCUT2D eigenvalue weighted by Gasteiger charge is -2.14. The number of rotatable bonds is 4. The molecule has 1 aliphatic carbocycles. The Morgan fingerprint density at radius 1 is 1.50 bits per heavy atom. The highest BCUT2D eigenvalue weighted by atomic mass is 16.1. The number of carbonyl (C=O) groups excluding carboxylic acids is 1. The maximum Gasteiger partial charge on any atom is 0.222 e. The Balaban J connectivity index is 1.93. The van der Waals surface area contributed by atoms with Gasteiger partial charge in [0.15, 0.2) is 0 Å². The Morgan fingerprint density at radius 3 is 2.81 bits per heavy atom. The monoisotopic (exact) mass is 218 g/mol. The summed E-state index contributed by atoms with van der Waals surface area (Å²) in [6.07, 6.45) is 2.61. The van der Waals surface area contributed by atoms with Gasteiger partial charge in [-0.2, -0.15) is 0 Å². The molecule has 0 aromatic heterocycles. The molecule has 3 heteroatoms. The molecule has 86 valence electrons. The van der Waals surface area contributed by atoms with Gasteiger partial charge in [0.25, 0.3) is 0 Å². The van der Waals surface area contributed by atoms with E-state index in [1.165, 1.54) is 0 Å². The van der Waals surface area contributed by atoms with Crippen molar-refractivity contribution in [2.24, 2.45) is 5.73 Å². The molecule has 1 aromatic carbocycles. The molecule has 0 heterocycles. The van der Waals surface area contributed by atoms with Crippen molar-refractivity contribution in [3.05, 3.63) is 35.4 Å². The summed E-state index contributed by atoms with van der Waals surface area (Å²) in [7, 11) is 0. The molecule has 0 unspecified atom stereocenters. The molecule has 1 aromatic rings. The third kappa shape index (κ3) is 2.83. The van der Waals surface area contributed by atoms with Crippen LogP contribution >= 0.6 is 0 Å². The highest BCUT2D eigenvalue weighted by molar-refractivity contribution is 5.77. The van der Waals surface area contributed by atoms with Gasteiger partial charge in [0.1, 0.15) is 0 Å². The fraction of sp³-hybridized carbons (Fsp3) is 0.462. The van der Waals surface area contributed by atoms with Gasteiger partial charge in [-0.1, -0.05) is 24.3 Å². The van der Waals surface area contributed by atoms with Crippen molar-refractivity contribution in [3.63, 3.8) is 0 Å². The molecule has 1 aliphatic rings. The van der Waals surface area contributed by atoms with Crippen LogP contribution in [0, 0.1) is 6.92 Å². The van der Waals surface area contributed by atoms with Gasteiger partial charge in [0.05, 0.1) is 0 Å².